The minimum Gasteiger partial charge on any atom is -0.377 e. The molecular weight excluding hydrogens is 302 g/mol. The highest BCUT2D eigenvalue weighted by Crippen LogP contribution is 2.49. The van der Waals surface area contributed by atoms with E-state index in [0.29, 0.717) is 11.5 Å². The van der Waals surface area contributed by atoms with E-state index in [1.807, 2.05) is 0 Å². The molecule has 1 aromatic carbocycles. The molecule has 19 heavy (non-hydrogen) atoms. The van der Waals surface area contributed by atoms with Crippen LogP contribution in [0.4, 0.5) is 0 Å². The third-order valence-electron chi connectivity index (χ3n) is 4.55. The van der Waals surface area contributed by atoms with Gasteiger partial charge in [-0.3, -0.25) is 0 Å². The lowest BCUT2D eigenvalue weighted by Crippen LogP contribution is -2.42. The highest BCUT2D eigenvalue weighted by atomic mass is 79.9. The quantitative estimate of drug-likeness (QED) is 0.896. The molecule has 1 saturated heterocycles. The normalized spacial score (nSPS) is 30.7. The van der Waals surface area contributed by atoms with Gasteiger partial charge >= 0.3 is 0 Å². The number of hydrogen-bond acceptors (Lipinski definition) is 2. The van der Waals surface area contributed by atoms with Gasteiger partial charge in [0.1, 0.15) is 0 Å². The van der Waals surface area contributed by atoms with Gasteiger partial charge in [-0.1, -0.05) is 28.1 Å². The second-order valence-electron chi connectivity index (χ2n) is 6.07. The van der Waals surface area contributed by atoms with Crippen LogP contribution in [-0.4, -0.2) is 26.3 Å². The SMILES string of the molecule is CNCC1(Cc2ccc(Br)cc2)CCOC1C1CC1. The van der Waals surface area contributed by atoms with Gasteiger partial charge in [-0.15, -0.1) is 0 Å². The highest BCUT2D eigenvalue weighted by molar-refractivity contribution is 9.10. The van der Waals surface area contributed by atoms with Gasteiger partial charge in [0.15, 0.2) is 0 Å². The van der Waals surface area contributed by atoms with Gasteiger partial charge in [0, 0.05) is 23.0 Å². The van der Waals surface area contributed by atoms with E-state index in [-0.39, 0.29) is 0 Å². The van der Waals surface area contributed by atoms with Crippen molar-refractivity contribution in [1.82, 2.24) is 5.32 Å². The fourth-order valence-electron chi connectivity index (χ4n) is 3.54. The summed E-state index contributed by atoms with van der Waals surface area (Å²) < 4.78 is 7.25. The van der Waals surface area contributed by atoms with E-state index in [4.69, 9.17) is 4.74 Å². The molecule has 1 N–H and O–H groups in total. The van der Waals surface area contributed by atoms with Crippen LogP contribution in [0.3, 0.4) is 0 Å². The molecule has 0 bridgehead atoms. The lowest BCUT2D eigenvalue weighted by Gasteiger charge is -2.34. The Kier molecular flexibility index (Phi) is 3.97. The third-order valence-corrected chi connectivity index (χ3v) is 5.08. The van der Waals surface area contributed by atoms with Gasteiger partial charge in [0.25, 0.3) is 0 Å². The van der Waals surface area contributed by atoms with Crippen molar-refractivity contribution in [3.8, 4) is 0 Å². The highest BCUT2D eigenvalue weighted by Gasteiger charge is 2.50. The number of nitrogens with one attached hydrogen (secondary N) is 1. The van der Waals surface area contributed by atoms with Crippen molar-refractivity contribution in [2.45, 2.75) is 31.8 Å². The lowest BCUT2D eigenvalue weighted by molar-refractivity contribution is 0.0314. The van der Waals surface area contributed by atoms with E-state index in [2.05, 4.69) is 52.6 Å². The maximum atomic E-state index is 6.09. The topological polar surface area (TPSA) is 21.3 Å². The molecule has 0 radical (unpaired) electrons. The summed E-state index contributed by atoms with van der Waals surface area (Å²) in [4.78, 5) is 0. The lowest BCUT2D eigenvalue weighted by atomic mass is 9.74. The minimum atomic E-state index is 0.295. The summed E-state index contributed by atoms with van der Waals surface area (Å²) in [6.45, 7) is 1.99. The van der Waals surface area contributed by atoms with Crippen LogP contribution in [0.15, 0.2) is 28.7 Å². The molecule has 0 spiro atoms. The summed E-state index contributed by atoms with van der Waals surface area (Å²) in [7, 11) is 2.06. The van der Waals surface area contributed by atoms with Crippen molar-refractivity contribution in [1.29, 1.82) is 0 Å². The Balaban J connectivity index is 1.81. The number of hydrogen-bond donors (Lipinski definition) is 1. The Morgan fingerprint density at radius 3 is 2.68 bits per heavy atom. The number of ether oxygens (including phenoxy) is 1. The molecule has 1 aromatic rings. The average Bonchev–Trinajstić information content (AvgIpc) is 3.16. The molecule has 1 aliphatic heterocycles. The Morgan fingerprint density at radius 2 is 2.05 bits per heavy atom. The van der Waals surface area contributed by atoms with Crippen LogP contribution in [0.25, 0.3) is 0 Å². The number of halogens is 1. The van der Waals surface area contributed by atoms with Crippen molar-refractivity contribution >= 4 is 15.9 Å². The molecule has 2 aliphatic rings. The van der Waals surface area contributed by atoms with E-state index in [1.165, 1.54) is 24.8 Å². The van der Waals surface area contributed by atoms with Gasteiger partial charge in [0.2, 0.25) is 0 Å². The predicted octanol–water partition coefficient (Wildman–Crippen LogP) is 3.40. The van der Waals surface area contributed by atoms with Crippen LogP contribution in [0.1, 0.15) is 24.8 Å². The van der Waals surface area contributed by atoms with Crippen molar-refractivity contribution in [2.24, 2.45) is 11.3 Å². The molecule has 1 saturated carbocycles. The standard InChI is InChI=1S/C16H22BrNO/c1-18-11-16(8-9-19-15(16)13-4-5-13)10-12-2-6-14(17)7-3-12/h2-3,6-7,13,15,18H,4-5,8-11H2,1H3. The summed E-state index contributed by atoms with van der Waals surface area (Å²) >= 11 is 3.51. The Morgan fingerprint density at radius 1 is 1.32 bits per heavy atom. The zero-order chi connectivity index (χ0) is 13.3. The number of rotatable bonds is 5. The van der Waals surface area contributed by atoms with E-state index in [9.17, 15) is 0 Å². The van der Waals surface area contributed by atoms with E-state index < -0.39 is 0 Å². The van der Waals surface area contributed by atoms with E-state index >= 15 is 0 Å². The van der Waals surface area contributed by atoms with Gasteiger partial charge in [-0.25, -0.2) is 0 Å². The Bertz CT molecular complexity index is 429. The average molecular weight is 324 g/mol. The predicted molar refractivity (Wildman–Crippen MR) is 81.3 cm³/mol. The fraction of sp³-hybridized carbons (Fsp3) is 0.625. The molecule has 1 aliphatic carbocycles. The molecule has 3 rings (SSSR count). The molecule has 3 heteroatoms. The maximum absolute atomic E-state index is 6.09. The first-order valence-corrected chi connectivity index (χ1v) is 8.03. The van der Waals surface area contributed by atoms with Crippen molar-refractivity contribution in [2.75, 3.05) is 20.2 Å². The van der Waals surface area contributed by atoms with Crippen LogP contribution in [0, 0.1) is 11.3 Å². The zero-order valence-electron chi connectivity index (χ0n) is 11.5. The first kappa shape index (κ1) is 13.6. The molecule has 0 aromatic heterocycles. The largest absolute Gasteiger partial charge is 0.377 e. The molecular formula is C16H22BrNO. The third kappa shape index (κ3) is 2.88. The van der Waals surface area contributed by atoms with E-state index in [0.717, 1.165) is 30.0 Å². The summed E-state index contributed by atoms with van der Waals surface area (Å²) in [6.07, 6.45) is 5.49. The summed E-state index contributed by atoms with van der Waals surface area (Å²) in [5.74, 6) is 0.811. The first-order chi connectivity index (χ1) is 9.23. The molecule has 0 amide bonds. The second kappa shape index (κ2) is 5.55. The van der Waals surface area contributed by atoms with Crippen LogP contribution < -0.4 is 5.32 Å². The molecule has 2 fully saturated rings. The second-order valence-corrected chi connectivity index (χ2v) is 6.99. The van der Waals surface area contributed by atoms with Gasteiger partial charge in [0.05, 0.1) is 6.10 Å². The van der Waals surface area contributed by atoms with Crippen LogP contribution >= 0.6 is 15.9 Å². The summed E-state index contributed by atoms with van der Waals surface area (Å²) in [5.41, 5.74) is 1.72. The van der Waals surface area contributed by atoms with Gasteiger partial charge in [-0.2, -0.15) is 0 Å². The van der Waals surface area contributed by atoms with Crippen LogP contribution in [0.5, 0.6) is 0 Å². The van der Waals surface area contributed by atoms with Crippen molar-refractivity contribution in [3.05, 3.63) is 34.3 Å². The fourth-order valence-corrected chi connectivity index (χ4v) is 3.81. The Hall–Kier alpha value is -0.380. The minimum absolute atomic E-state index is 0.295. The number of benzene rings is 1. The molecule has 2 nitrogen and oxygen atoms in total. The summed E-state index contributed by atoms with van der Waals surface area (Å²) in [6, 6.07) is 8.77. The smallest absolute Gasteiger partial charge is 0.0675 e. The first-order valence-electron chi connectivity index (χ1n) is 7.24. The van der Waals surface area contributed by atoms with Gasteiger partial charge in [-0.05, 0) is 56.3 Å². The van der Waals surface area contributed by atoms with Crippen LogP contribution in [-0.2, 0) is 11.2 Å². The van der Waals surface area contributed by atoms with Gasteiger partial charge < -0.3 is 10.1 Å². The van der Waals surface area contributed by atoms with Crippen molar-refractivity contribution < 1.29 is 4.74 Å². The molecule has 1 heterocycles. The van der Waals surface area contributed by atoms with Crippen LogP contribution in [0.2, 0.25) is 0 Å². The molecule has 2 unspecified atom stereocenters. The Labute approximate surface area is 124 Å². The van der Waals surface area contributed by atoms with E-state index in [1.54, 1.807) is 0 Å². The van der Waals surface area contributed by atoms with Crippen molar-refractivity contribution in [3.63, 3.8) is 0 Å². The monoisotopic (exact) mass is 323 g/mol. The summed E-state index contributed by atoms with van der Waals surface area (Å²) in [5, 5.41) is 3.41. The molecule has 104 valence electrons. The zero-order valence-corrected chi connectivity index (χ0v) is 13.1. The maximum Gasteiger partial charge on any atom is 0.0675 e. The molecule has 2 atom stereocenters.